The van der Waals surface area contributed by atoms with E-state index in [1.807, 2.05) is 42.6 Å². The number of rotatable bonds is 3. The Morgan fingerprint density at radius 1 is 0.939 bits per heavy atom. The summed E-state index contributed by atoms with van der Waals surface area (Å²) in [6, 6.07) is 19.8. The lowest BCUT2D eigenvalue weighted by molar-refractivity contribution is 0.0983. The Kier molecular flexibility index (Phi) is 5.62. The summed E-state index contributed by atoms with van der Waals surface area (Å²) in [7, 11) is 0. The molecule has 0 spiro atoms. The maximum atomic E-state index is 13.4. The van der Waals surface area contributed by atoms with Crippen LogP contribution in [0.25, 0.3) is 0 Å². The maximum Gasteiger partial charge on any atom is 0.260 e. The molecule has 8 heteroatoms. The van der Waals surface area contributed by atoms with Crippen molar-refractivity contribution in [3.63, 3.8) is 0 Å². The number of anilines is 2. The highest BCUT2D eigenvalue weighted by Crippen LogP contribution is 2.29. The molecule has 0 fully saturated rings. The van der Waals surface area contributed by atoms with E-state index in [9.17, 15) is 9.59 Å². The predicted molar refractivity (Wildman–Crippen MR) is 129 cm³/mol. The van der Waals surface area contributed by atoms with E-state index in [1.165, 1.54) is 12.3 Å². The standard InChI is InChI=1S/C25H18Cl2N4O2/c26-18-8-9-21(27)20(12-18)24(32)29-23-10-7-16(13-28-23)25(33)31-15-19-5-3-11-30(19)14-17-4-1-2-6-22(17)31/h1-13H,14-15H2,(H,28,29,32). The molecule has 4 aromatic rings. The van der Waals surface area contributed by atoms with E-state index in [-0.39, 0.29) is 16.5 Å². The molecule has 1 aliphatic heterocycles. The van der Waals surface area contributed by atoms with Crippen molar-refractivity contribution in [1.29, 1.82) is 0 Å². The molecule has 3 heterocycles. The van der Waals surface area contributed by atoms with Gasteiger partial charge in [-0.15, -0.1) is 0 Å². The first-order valence-corrected chi connectivity index (χ1v) is 11.0. The van der Waals surface area contributed by atoms with Crippen molar-refractivity contribution in [2.75, 3.05) is 10.2 Å². The van der Waals surface area contributed by atoms with Gasteiger partial charge in [0.05, 0.1) is 22.7 Å². The summed E-state index contributed by atoms with van der Waals surface area (Å²) in [5.41, 5.74) is 3.66. The second-order valence-electron chi connectivity index (χ2n) is 7.66. The van der Waals surface area contributed by atoms with Crippen molar-refractivity contribution in [1.82, 2.24) is 9.55 Å². The number of hydrogen-bond donors (Lipinski definition) is 1. The quantitative estimate of drug-likeness (QED) is 0.415. The number of hydrogen-bond acceptors (Lipinski definition) is 3. The number of halogens is 2. The molecule has 6 nitrogen and oxygen atoms in total. The molecule has 5 rings (SSSR count). The van der Waals surface area contributed by atoms with Crippen molar-refractivity contribution in [3.8, 4) is 0 Å². The Balaban J connectivity index is 1.39. The van der Waals surface area contributed by atoms with Gasteiger partial charge in [0.15, 0.2) is 0 Å². The molecule has 1 aliphatic rings. The van der Waals surface area contributed by atoms with Crippen LogP contribution in [0.4, 0.5) is 11.5 Å². The zero-order valence-corrected chi connectivity index (χ0v) is 18.8. The van der Waals surface area contributed by atoms with Crippen molar-refractivity contribution in [2.24, 2.45) is 0 Å². The Labute approximate surface area is 200 Å². The SMILES string of the molecule is O=C(Nc1ccc(C(=O)N2Cc3cccn3Cc3ccccc32)cn1)c1cc(Cl)ccc1Cl. The van der Waals surface area contributed by atoms with Gasteiger partial charge in [-0.25, -0.2) is 4.98 Å². The average molecular weight is 477 g/mol. The zero-order chi connectivity index (χ0) is 22.9. The molecule has 1 N–H and O–H groups in total. The first kappa shape index (κ1) is 21.2. The van der Waals surface area contributed by atoms with Gasteiger partial charge in [-0.2, -0.15) is 0 Å². The number of benzene rings is 2. The third-order valence-corrected chi connectivity index (χ3v) is 6.10. The molecule has 2 aromatic carbocycles. The van der Waals surface area contributed by atoms with Crippen molar-refractivity contribution < 1.29 is 9.59 Å². The zero-order valence-electron chi connectivity index (χ0n) is 17.3. The van der Waals surface area contributed by atoms with Crippen molar-refractivity contribution in [3.05, 3.63) is 112 Å². The van der Waals surface area contributed by atoms with Gasteiger partial charge in [0.2, 0.25) is 0 Å². The summed E-state index contributed by atoms with van der Waals surface area (Å²) in [6.45, 7) is 1.16. The van der Waals surface area contributed by atoms with Crippen LogP contribution in [0.2, 0.25) is 10.0 Å². The highest BCUT2D eigenvalue weighted by molar-refractivity contribution is 6.36. The molecule has 2 aromatic heterocycles. The molecule has 0 atom stereocenters. The minimum Gasteiger partial charge on any atom is -0.345 e. The number of nitrogens with one attached hydrogen (secondary N) is 1. The third kappa shape index (κ3) is 4.23. The maximum absolute atomic E-state index is 13.4. The molecule has 2 amide bonds. The van der Waals surface area contributed by atoms with Gasteiger partial charge in [0, 0.05) is 35.3 Å². The van der Waals surface area contributed by atoms with Gasteiger partial charge >= 0.3 is 0 Å². The van der Waals surface area contributed by atoms with Crippen LogP contribution >= 0.6 is 23.2 Å². The monoisotopic (exact) mass is 476 g/mol. The lowest BCUT2D eigenvalue weighted by Crippen LogP contribution is -2.30. The van der Waals surface area contributed by atoms with Crippen LogP contribution in [-0.4, -0.2) is 21.4 Å². The van der Waals surface area contributed by atoms with Crippen molar-refractivity contribution >= 4 is 46.5 Å². The fourth-order valence-electron chi connectivity index (χ4n) is 3.87. The van der Waals surface area contributed by atoms with Crippen LogP contribution in [0.5, 0.6) is 0 Å². The normalized spacial score (nSPS) is 12.5. The number of aromatic nitrogens is 2. The van der Waals surface area contributed by atoms with E-state index < -0.39 is 5.91 Å². The summed E-state index contributed by atoms with van der Waals surface area (Å²) in [4.78, 5) is 32.0. The highest BCUT2D eigenvalue weighted by Gasteiger charge is 2.25. The summed E-state index contributed by atoms with van der Waals surface area (Å²) < 4.78 is 2.14. The third-order valence-electron chi connectivity index (χ3n) is 5.54. The molecule has 0 bridgehead atoms. The predicted octanol–water partition coefficient (Wildman–Crippen LogP) is 5.65. The molecule has 164 valence electrons. The van der Waals surface area contributed by atoms with Crippen LogP contribution in [0.3, 0.4) is 0 Å². The number of carbonyl (C=O) groups excluding carboxylic acids is 2. The fourth-order valence-corrected chi connectivity index (χ4v) is 4.25. The van der Waals surface area contributed by atoms with Crippen LogP contribution in [0.1, 0.15) is 32.0 Å². The molecule has 0 saturated heterocycles. The van der Waals surface area contributed by atoms with Gasteiger partial charge in [0.25, 0.3) is 11.8 Å². The lowest BCUT2D eigenvalue weighted by Gasteiger charge is -2.22. The highest BCUT2D eigenvalue weighted by atomic mass is 35.5. The van der Waals surface area contributed by atoms with E-state index in [4.69, 9.17) is 23.2 Å². The smallest absolute Gasteiger partial charge is 0.260 e. The number of para-hydroxylation sites is 1. The topological polar surface area (TPSA) is 67.2 Å². The lowest BCUT2D eigenvalue weighted by atomic mass is 10.1. The van der Waals surface area contributed by atoms with E-state index >= 15 is 0 Å². The Morgan fingerprint density at radius 2 is 1.79 bits per heavy atom. The number of pyridine rings is 1. The second-order valence-corrected chi connectivity index (χ2v) is 8.50. The van der Waals surface area contributed by atoms with Gasteiger partial charge in [0.1, 0.15) is 5.82 Å². The minimum atomic E-state index is -0.434. The summed E-state index contributed by atoms with van der Waals surface area (Å²) >= 11 is 12.1. The molecular weight excluding hydrogens is 459 g/mol. The van der Waals surface area contributed by atoms with E-state index in [2.05, 4.69) is 14.9 Å². The molecule has 0 radical (unpaired) electrons. The Morgan fingerprint density at radius 3 is 2.61 bits per heavy atom. The first-order valence-electron chi connectivity index (χ1n) is 10.3. The minimum absolute atomic E-state index is 0.166. The van der Waals surface area contributed by atoms with E-state index in [0.29, 0.717) is 29.5 Å². The largest absolute Gasteiger partial charge is 0.345 e. The molecule has 33 heavy (non-hydrogen) atoms. The second kappa shape index (κ2) is 8.73. The van der Waals surface area contributed by atoms with E-state index in [1.54, 1.807) is 29.2 Å². The van der Waals surface area contributed by atoms with Crippen LogP contribution in [-0.2, 0) is 13.1 Å². The van der Waals surface area contributed by atoms with Crippen LogP contribution in [0.15, 0.2) is 79.1 Å². The number of carbonyl (C=O) groups is 2. The molecular formula is C25H18Cl2N4O2. The summed E-state index contributed by atoms with van der Waals surface area (Å²) in [5.74, 6) is -0.297. The Hall–Kier alpha value is -3.61. The number of nitrogens with zero attached hydrogens (tertiary/aromatic N) is 3. The van der Waals surface area contributed by atoms with Crippen LogP contribution < -0.4 is 10.2 Å². The summed E-state index contributed by atoms with van der Waals surface area (Å²) in [6.07, 6.45) is 3.48. The number of fused-ring (bicyclic) bond motifs is 2. The number of amides is 2. The molecule has 0 saturated carbocycles. The first-order chi connectivity index (χ1) is 16.0. The van der Waals surface area contributed by atoms with E-state index in [0.717, 1.165) is 16.9 Å². The molecule has 0 unspecified atom stereocenters. The fraction of sp³-hybridized carbons (Fsp3) is 0.0800. The van der Waals surface area contributed by atoms with Gasteiger partial charge in [-0.1, -0.05) is 41.4 Å². The van der Waals surface area contributed by atoms with Gasteiger partial charge in [-0.3, -0.25) is 9.59 Å². The van der Waals surface area contributed by atoms with Crippen LogP contribution in [0, 0.1) is 0 Å². The Bertz CT molecular complexity index is 1370. The van der Waals surface area contributed by atoms with Crippen molar-refractivity contribution in [2.45, 2.75) is 13.1 Å². The average Bonchev–Trinajstić information content (AvgIpc) is 3.19. The summed E-state index contributed by atoms with van der Waals surface area (Å²) in [5, 5.41) is 3.38. The van der Waals surface area contributed by atoms with Gasteiger partial charge in [-0.05, 0) is 54.1 Å². The molecule has 0 aliphatic carbocycles. The van der Waals surface area contributed by atoms with Gasteiger partial charge < -0.3 is 14.8 Å².